The second-order valence-corrected chi connectivity index (χ2v) is 6.71. The van der Waals surface area contributed by atoms with E-state index in [9.17, 15) is 0 Å². The van der Waals surface area contributed by atoms with E-state index in [1.165, 1.54) is 57.3 Å². The molecule has 0 spiro atoms. The number of aryl methyl sites for hydroxylation is 2. The van der Waals surface area contributed by atoms with Crippen LogP contribution in [0.1, 0.15) is 50.6 Å². The number of nitrogens with one attached hydrogen (secondary N) is 1. The molecule has 0 amide bonds. The van der Waals surface area contributed by atoms with E-state index in [1.807, 2.05) is 17.9 Å². The Balaban J connectivity index is 1.71. The summed E-state index contributed by atoms with van der Waals surface area (Å²) in [5.41, 5.74) is 4.76. The molecule has 3 rings (SSSR count). The highest BCUT2D eigenvalue weighted by Gasteiger charge is 2.45. The second-order valence-electron chi connectivity index (χ2n) is 6.71. The summed E-state index contributed by atoms with van der Waals surface area (Å²) in [5, 5.41) is 4.27. The summed E-state index contributed by atoms with van der Waals surface area (Å²) in [5.74, 6) is 5.98. The molecule has 1 unspecified atom stereocenters. The molecule has 1 aliphatic carbocycles. The van der Waals surface area contributed by atoms with Gasteiger partial charge in [0, 0.05) is 30.5 Å². The van der Waals surface area contributed by atoms with Crippen LogP contribution in [0.25, 0.3) is 0 Å². The fourth-order valence-corrected chi connectivity index (χ4v) is 4.48. The number of hydrogen-bond acceptors (Lipinski definition) is 4. The van der Waals surface area contributed by atoms with Gasteiger partial charge in [0.15, 0.2) is 0 Å². The van der Waals surface area contributed by atoms with Crippen molar-refractivity contribution >= 4 is 0 Å². The van der Waals surface area contributed by atoms with Crippen LogP contribution in [0.3, 0.4) is 0 Å². The molecule has 1 aromatic heterocycles. The van der Waals surface area contributed by atoms with Crippen molar-refractivity contribution in [3.63, 3.8) is 0 Å². The van der Waals surface area contributed by atoms with E-state index in [0.29, 0.717) is 11.6 Å². The van der Waals surface area contributed by atoms with Crippen molar-refractivity contribution in [3.05, 3.63) is 18.0 Å². The minimum Gasteiger partial charge on any atom is -0.296 e. The van der Waals surface area contributed by atoms with Crippen LogP contribution in [0.4, 0.5) is 0 Å². The van der Waals surface area contributed by atoms with Gasteiger partial charge in [0.2, 0.25) is 0 Å². The molecule has 5 nitrogen and oxygen atoms in total. The molecular weight excluding hydrogens is 262 g/mol. The minimum atomic E-state index is 0.295. The molecule has 0 bridgehead atoms. The number of nitrogens with two attached hydrogens (primary N) is 1. The largest absolute Gasteiger partial charge is 0.296 e. The summed E-state index contributed by atoms with van der Waals surface area (Å²) < 4.78 is 1.98. The molecule has 5 heteroatoms. The Kier molecular flexibility index (Phi) is 4.62. The van der Waals surface area contributed by atoms with Gasteiger partial charge in [0.25, 0.3) is 0 Å². The molecule has 1 atom stereocenters. The minimum absolute atomic E-state index is 0.295. The lowest BCUT2D eigenvalue weighted by molar-refractivity contribution is 0.0729. The van der Waals surface area contributed by atoms with E-state index in [-0.39, 0.29) is 0 Å². The van der Waals surface area contributed by atoms with Crippen LogP contribution in [0.15, 0.2) is 12.3 Å². The van der Waals surface area contributed by atoms with Crippen molar-refractivity contribution in [3.8, 4) is 0 Å². The van der Waals surface area contributed by atoms with Crippen LogP contribution in [-0.4, -0.2) is 39.4 Å². The zero-order chi connectivity index (χ0) is 14.7. The van der Waals surface area contributed by atoms with Gasteiger partial charge in [0.1, 0.15) is 0 Å². The fourth-order valence-electron chi connectivity index (χ4n) is 4.48. The average Bonchev–Trinajstić information content (AvgIpc) is 3.20. The topological polar surface area (TPSA) is 59.1 Å². The summed E-state index contributed by atoms with van der Waals surface area (Å²) in [7, 11) is 2.02. The monoisotopic (exact) mass is 291 g/mol. The molecule has 1 saturated heterocycles. The maximum atomic E-state index is 5.98. The van der Waals surface area contributed by atoms with Gasteiger partial charge in [0.05, 0.1) is 0 Å². The quantitative estimate of drug-likeness (QED) is 0.617. The van der Waals surface area contributed by atoms with E-state index in [4.69, 9.17) is 5.84 Å². The number of hydrazine groups is 1. The molecule has 3 N–H and O–H groups in total. The Bertz CT molecular complexity index is 443. The molecule has 1 saturated carbocycles. The van der Waals surface area contributed by atoms with Crippen LogP contribution < -0.4 is 11.3 Å². The molecule has 2 heterocycles. The maximum absolute atomic E-state index is 5.98. The first-order valence-electron chi connectivity index (χ1n) is 8.44. The van der Waals surface area contributed by atoms with Crippen LogP contribution in [0.5, 0.6) is 0 Å². The molecule has 118 valence electrons. The molecule has 1 aliphatic heterocycles. The molecule has 2 aliphatic rings. The van der Waals surface area contributed by atoms with Crippen molar-refractivity contribution in [2.24, 2.45) is 12.9 Å². The van der Waals surface area contributed by atoms with E-state index < -0.39 is 0 Å². The molecular formula is C16H29N5. The van der Waals surface area contributed by atoms with Gasteiger partial charge >= 0.3 is 0 Å². The molecule has 0 radical (unpaired) electrons. The lowest BCUT2D eigenvalue weighted by Crippen LogP contribution is -2.60. The highest BCUT2D eigenvalue weighted by Crippen LogP contribution is 2.41. The number of rotatable bonds is 6. The van der Waals surface area contributed by atoms with E-state index in [0.717, 1.165) is 12.8 Å². The predicted octanol–water partition coefficient (Wildman–Crippen LogP) is 1.59. The molecule has 21 heavy (non-hydrogen) atoms. The third kappa shape index (κ3) is 2.87. The van der Waals surface area contributed by atoms with Crippen LogP contribution in [0, 0.1) is 0 Å². The van der Waals surface area contributed by atoms with Crippen LogP contribution >= 0.6 is 0 Å². The maximum Gasteiger partial charge on any atom is 0.0492 e. The van der Waals surface area contributed by atoms with Gasteiger partial charge in [-0.1, -0.05) is 12.8 Å². The summed E-state index contributed by atoms with van der Waals surface area (Å²) in [6, 6.07) is 2.50. The van der Waals surface area contributed by atoms with Crippen molar-refractivity contribution in [1.29, 1.82) is 0 Å². The Labute approximate surface area is 127 Å². The zero-order valence-electron chi connectivity index (χ0n) is 13.2. The first kappa shape index (κ1) is 15.0. The number of likely N-dealkylation sites (tertiary alicyclic amines) is 1. The second kappa shape index (κ2) is 6.46. The molecule has 2 fully saturated rings. The normalized spacial score (nSPS) is 23.7. The fraction of sp³-hybridized carbons (Fsp3) is 0.812. The highest BCUT2D eigenvalue weighted by molar-refractivity contribution is 5.07. The lowest BCUT2D eigenvalue weighted by atomic mass is 9.83. The Hall–Kier alpha value is -0.910. The molecule has 0 aromatic carbocycles. The van der Waals surface area contributed by atoms with Gasteiger partial charge in [-0.25, -0.2) is 0 Å². The predicted molar refractivity (Wildman–Crippen MR) is 84.6 cm³/mol. The van der Waals surface area contributed by atoms with Crippen molar-refractivity contribution in [2.75, 3.05) is 13.1 Å². The summed E-state index contributed by atoms with van der Waals surface area (Å²) in [4.78, 5) is 2.73. The average molecular weight is 291 g/mol. The Morgan fingerprint density at radius 2 is 2.00 bits per heavy atom. The van der Waals surface area contributed by atoms with E-state index >= 15 is 0 Å². The number of nitrogens with zero attached hydrogens (tertiary/aromatic N) is 3. The van der Waals surface area contributed by atoms with Crippen LogP contribution in [-0.2, 0) is 13.5 Å². The highest BCUT2D eigenvalue weighted by atomic mass is 15.3. The van der Waals surface area contributed by atoms with Crippen molar-refractivity contribution in [1.82, 2.24) is 20.1 Å². The summed E-state index contributed by atoms with van der Waals surface area (Å²) in [6.45, 7) is 2.51. The van der Waals surface area contributed by atoms with E-state index in [2.05, 4.69) is 21.5 Å². The zero-order valence-corrected chi connectivity index (χ0v) is 13.2. The summed E-state index contributed by atoms with van der Waals surface area (Å²) in [6.07, 6.45) is 12.0. The van der Waals surface area contributed by atoms with E-state index in [1.54, 1.807) is 0 Å². The van der Waals surface area contributed by atoms with Crippen LogP contribution in [0.2, 0.25) is 0 Å². The third-order valence-corrected chi connectivity index (χ3v) is 5.67. The smallest absolute Gasteiger partial charge is 0.0492 e. The van der Waals surface area contributed by atoms with Gasteiger partial charge in [-0.2, -0.15) is 5.10 Å². The molecule has 1 aromatic rings. The number of hydrogen-bond donors (Lipinski definition) is 2. The van der Waals surface area contributed by atoms with Gasteiger partial charge in [-0.15, -0.1) is 0 Å². The number of aromatic nitrogens is 2. The summed E-state index contributed by atoms with van der Waals surface area (Å²) >= 11 is 0. The van der Waals surface area contributed by atoms with Gasteiger partial charge in [-0.05, 0) is 57.7 Å². The van der Waals surface area contributed by atoms with Gasteiger partial charge in [-0.3, -0.25) is 20.9 Å². The van der Waals surface area contributed by atoms with Crippen molar-refractivity contribution < 1.29 is 0 Å². The Morgan fingerprint density at radius 1 is 1.29 bits per heavy atom. The first-order valence-corrected chi connectivity index (χ1v) is 8.44. The lowest BCUT2D eigenvalue weighted by Gasteiger charge is -2.45. The van der Waals surface area contributed by atoms with Gasteiger partial charge < -0.3 is 0 Å². The first-order chi connectivity index (χ1) is 10.3. The third-order valence-electron chi connectivity index (χ3n) is 5.67. The standard InChI is InChI=1S/C16H29N5/c1-20-14(8-11-18-20)6-7-15(19-17)16(9-2-3-10-16)21-12-4-5-13-21/h8,11,15,19H,2-7,9-10,12-13,17H2,1H3. The SMILES string of the molecule is Cn1nccc1CCC(NN)C1(N2CCCC2)CCCC1. The Morgan fingerprint density at radius 3 is 2.57 bits per heavy atom. The van der Waals surface area contributed by atoms with Crippen molar-refractivity contribution in [2.45, 2.75) is 62.9 Å².